The van der Waals surface area contributed by atoms with Crippen molar-refractivity contribution in [3.8, 4) is 0 Å². The number of nitrogens with one attached hydrogen (secondary N) is 1. The van der Waals surface area contributed by atoms with E-state index < -0.39 is 0 Å². The van der Waals surface area contributed by atoms with Crippen LogP contribution in [0.3, 0.4) is 0 Å². The zero-order chi connectivity index (χ0) is 11.0. The molecule has 2 unspecified atom stereocenters. The Labute approximate surface area is 91.6 Å². The first-order chi connectivity index (χ1) is 7.09. The van der Waals surface area contributed by atoms with Gasteiger partial charge in [0.2, 0.25) is 5.91 Å². The Morgan fingerprint density at radius 1 is 1.33 bits per heavy atom. The highest BCUT2D eigenvalue weighted by molar-refractivity contribution is 5.80. The molecule has 0 aromatic rings. The molecule has 0 spiro atoms. The van der Waals surface area contributed by atoms with Crippen molar-refractivity contribution in [2.75, 3.05) is 40.3 Å². The monoisotopic (exact) mass is 211 g/mol. The summed E-state index contributed by atoms with van der Waals surface area (Å²) >= 11 is 0. The van der Waals surface area contributed by atoms with E-state index in [-0.39, 0.29) is 5.92 Å². The summed E-state index contributed by atoms with van der Waals surface area (Å²) in [5.41, 5.74) is 0. The molecule has 2 heterocycles. The second-order valence-corrected chi connectivity index (χ2v) is 5.11. The number of likely N-dealkylation sites (tertiary alicyclic amines) is 1. The minimum Gasteiger partial charge on any atom is -0.340 e. The number of amides is 1. The van der Waals surface area contributed by atoms with Gasteiger partial charge in [-0.3, -0.25) is 4.79 Å². The summed E-state index contributed by atoms with van der Waals surface area (Å²) in [4.78, 5) is 16.3. The Kier molecular flexibility index (Phi) is 2.98. The first-order valence-electron chi connectivity index (χ1n) is 5.75. The minimum atomic E-state index is 0.248. The molecule has 2 rings (SSSR count). The summed E-state index contributed by atoms with van der Waals surface area (Å²) < 4.78 is 0. The molecule has 15 heavy (non-hydrogen) atoms. The fourth-order valence-electron chi connectivity index (χ4n) is 2.52. The van der Waals surface area contributed by atoms with Gasteiger partial charge in [0.15, 0.2) is 0 Å². The number of nitrogens with zero attached hydrogens (tertiary/aromatic N) is 2. The highest BCUT2D eigenvalue weighted by atomic mass is 16.2. The van der Waals surface area contributed by atoms with Crippen LogP contribution in [0.15, 0.2) is 0 Å². The van der Waals surface area contributed by atoms with Crippen LogP contribution in [0.1, 0.15) is 6.92 Å². The molecule has 4 heteroatoms. The molecule has 2 fully saturated rings. The van der Waals surface area contributed by atoms with Crippen molar-refractivity contribution in [3.63, 3.8) is 0 Å². The third-order valence-corrected chi connectivity index (χ3v) is 3.68. The molecule has 0 aromatic heterocycles. The van der Waals surface area contributed by atoms with Crippen LogP contribution < -0.4 is 5.32 Å². The van der Waals surface area contributed by atoms with E-state index in [1.54, 1.807) is 0 Å². The van der Waals surface area contributed by atoms with Crippen molar-refractivity contribution in [1.82, 2.24) is 15.1 Å². The van der Waals surface area contributed by atoms with E-state index in [9.17, 15) is 4.79 Å². The average molecular weight is 211 g/mol. The number of likely N-dealkylation sites (N-methyl/N-ethyl adjacent to an activating group) is 1. The van der Waals surface area contributed by atoms with E-state index in [1.807, 2.05) is 4.90 Å². The molecule has 2 aliphatic heterocycles. The van der Waals surface area contributed by atoms with Crippen LogP contribution in [-0.4, -0.2) is 62.0 Å². The largest absolute Gasteiger partial charge is 0.340 e. The summed E-state index contributed by atoms with van der Waals surface area (Å²) in [6.45, 7) is 5.81. The lowest BCUT2D eigenvalue weighted by atomic mass is 10.0. The molecule has 86 valence electrons. The van der Waals surface area contributed by atoms with Crippen molar-refractivity contribution in [2.45, 2.75) is 13.0 Å². The minimum absolute atomic E-state index is 0.248. The van der Waals surface area contributed by atoms with Crippen molar-refractivity contribution < 1.29 is 4.79 Å². The first-order valence-corrected chi connectivity index (χ1v) is 5.75. The second kappa shape index (κ2) is 4.10. The van der Waals surface area contributed by atoms with Gasteiger partial charge in [0, 0.05) is 32.2 Å². The van der Waals surface area contributed by atoms with Crippen LogP contribution >= 0.6 is 0 Å². The zero-order valence-electron chi connectivity index (χ0n) is 9.86. The van der Waals surface area contributed by atoms with Gasteiger partial charge < -0.3 is 15.1 Å². The number of carbonyl (C=O) groups excluding carboxylic acids is 1. The van der Waals surface area contributed by atoms with Crippen LogP contribution in [0.4, 0.5) is 0 Å². The lowest BCUT2D eigenvalue weighted by Crippen LogP contribution is -2.51. The highest BCUT2D eigenvalue weighted by Crippen LogP contribution is 2.22. The Bertz CT molecular complexity index is 250. The molecular formula is C11H21N3O. The molecule has 0 bridgehead atoms. The summed E-state index contributed by atoms with van der Waals surface area (Å²) in [5, 5.41) is 3.15. The van der Waals surface area contributed by atoms with Crippen LogP contribution in [0, 0.1) is 11.8 Å². The van der Waals surface area contributed by atoms with E-state index in [4.69, 9.17) is 0 Å². The van der Waals surface area contributed by atoms with E-state index in [1.165, 1.54) is 0 Å². The predicted molar refractivity (Wildman–Crippen MR) is 59.6 cm³/mol. The summed E-state index contributed by atoms with van der Waals surface area (Å²) in [5.74, 6) is 1.19. The molecule has 2 aliphatic rings. The molecule has 2 saturated heterocycles. The Hall–Kier alpha value is -0.610. The van der Waals surface area contributed by atoms with Crippen LogP contribution in [0.2, 0.25) is 0 Å². The normalized spacial score (nSPS) is 32.1. The molecule has 0 aliphatic carbocycles. The van der Waals surface area contributed by atoms with Gasteiger partial charge in [-0.25, -0.2) is 0 Å². The third-order valence-electron chi connectivity index (χ3n) is 3.68. The van der Waals surface area contributed by atoms with Gasteiger partial charge in [-0.15, -0.1) is 0 Å². The van der Waals surface area contributed by atoms with E-state index in [0.29, 0.717) is 17.9 Å². The van der Waals surface area contributed by atoms with Crippen LogP contribution in [0.25, 0.3) is 0 Å². The van der Waals surface area contributed by atoms with Crippen molar-refractivity contribution >= 4 is 5.91 Å². The Morgan fingerprint density at radius 2 is 2.00 bits per heavy atom. The van der Waals surface area contributed by atoms with Crippen LogP contribution in [0.5, 0.6) is 0 Å². The van der Waals surface area contributed by atoms with Gasteiger partial charge in [-0.2, -0.15) is 0 Å². The molecule has 0 radical (unpaired) electrons. The smallest absolute Gasteiger partial charge is 0.228 e. The molecule has 1 amide bonds. The quantitative estimate of drug-likeness (QED) is 0.676. The average Bonchev–Trinajstić information content (AvgIpc) is 2.44. The fraction of sp³-hybridized carbons (Fsp3) is 0.909. The number of carbonyl (C=O) groups is 1. The Balaban J connectivity index is 1.92. The van der Waals surface area contributed by atoms with Gasteiger partial charge >= 0.3 is 0 Å². The van der Waals surface area contributed by atoms with Crippen molar-refractivity contribution in [3.05, 3.63) is 0 Å². The highest BCUT2D eigenvalue weighted by Gasteiger charge is 2.37. The van der Waals surface area contributed by atoms with Crippen molar-refractivity contribution in [1.29, 1.82) is 0 Å². The summed E-state index contributed by atoms with van der Waals surface area (Å²) in [6.07, 6.45) is 0. The first kappa shape index (κ1) is 10.9. The molecule has 1 N–H and O–H groups in total. The lowest BCUT2D eigenvalue weighted by molar-refractivity contribution is -0.136. The fourth-order valence-corrected chi connectivity index (χ4v) is 2.52. The van der Waals surface area contributed by atoms with Gasteiger partial charge in [0.05, 0.1) is 5.92 Å². The summed E-state index contributed by atoms with van der Waals surface area (Å²) in [6, 6.07) is 0.530. The topological polar surface area (TPSA) is 35.6 Å². The maximum Gasteiger partial charge on any atom is 0.228 e. The van der Waals surface area contributed by atoms with Gasteiger partial charge in [0.25, 0.3) is 0 Å². The lowest BCUT2D eigenvalue weighted by Gasteiger charge is -2.30. The van der Waals surface area contributed by atoms with Gasteiger partial charge in [0.1, 0.15) is 0 Å². The van der Waals surface area contributed by atoms with Gasteiger partial charge in [-0.1, -0.05) is 6.92 Å². The molecule has 2 atom stereocenters. The van der Waals surface area contributed by atoms with E-state index >= 15 is 0 Å². The SMILES string of the molecule is CC1CN(C(=O)C2CNC2)CC1N(C)C. The number of hydrogen-bond acceptors (Lipinski definition) is 3. The number of hydrogen-bond donors (Lipinski definition) is 1. The molecular weight excluding hydrogens is 190 g/mol. The maximum atomic E-state index is 12.0. The van der Waals surface area contributed by atoms with Crippen LogP contribution in [-0.2, 0) is 4.79 Å². The standard InChI is InChI=1S/C11H21N3O/c1-8-6-14(7-10(8)13(2)3)11(15)9-4-12-5-9/h8-10,12H,4-7H2,1-3H3. The Morgan fingerprint density at radius 3 is 2.40 bits per heavy atom. The van der Waals surface area contributed by atoms with E-state index in [0.717, 1.165) is 26.2 Å². The molecule has 0 aromatic carbocycles. The van der Waals surface area contributed by atoms with Gasteiger partial charge in [-0.05, 0) is 20.0 Å². The zero-order valence-corrected chi connectivity index (χ0v) is 9.86. The number of rotatable bonds is 2. The molecule has 0 saturated carbocycles. The second-order valence-electron chi connectivity index (χ2n) is 5.11. The molecule has 4 nitrogen and oxygen atoms in total. The maximum absolute atomic E-state index is 12.0. The van der Waals surface area contributed by atoms with E-state index in [2.05, 4.69) is 31.2 Å². The van der Waals surface area contributed by atoms with Crippen molar-refractivity contribution in [2.24, 2.45) is 11.8 Å². The third kappa shape index (κ3) is 2.01. The predicted octanol–water partition coefficient (Wildman–Crippen LogP) is -0.386. The summed E-state index contributed by atoms with van der Waals surface area (Å²) in [7, 11) is 4.19.